The quantitative estimate of drug-likeness (QED) is 0.239. The van der Waals surface area contributed by atoms with Crippen LogP contribution in [-0.4, -0.2) is 74.1 Å². The van der Waals surface area contributed by atoms with E-state index in [4.69, 9.17) is 0 Å². The summed E-state index contributed by atoms with van der Waals surface area (Å²) >= 11 is 1.29. The number of rotatable bonds is 7. The summed E-state index contributed by atoms with van der Waals surface area (Å²) in [4.78, 5) is 29.3. The number of H-pyrrole nitrogens is 1. The van der Waals surface area contributed by atoms with Crippen LogP contribution in [0.1, 0.15) is 32.5 Å². The molecule has 3 heterocycles. The molecule has 38 heavy (non-hydrogen) atoms. The number of likely N-dealkylation sites (N-methyl/N-ethyl adjacent to an activating group) is 1. The molecule has 1 saturated heterocycles. The zero-order valence-electron chi connectivity index (χ0n) is 22.3. The molecular formula is C28H35N7O2S. The number of thiophene rings is 1. The van der Waals surface area contributed by atoms with Gasteiger partial charge in [0.05, 0.1) is 16.0 Å². The number of piperazine rings is 1. The number of aldehydes is 1. The number of fused-ring (bicyclic) bond motifs is 1. The van der Waals surface area contributed by atoms with Crippen molar-refractivity contribution in [2.45, 2.75) is 13.8 Å². The standard InChI is InChI=1S/C18H19N5O2S.C10H16N2/c1-22-6-8-23(9-7-22)13-4-2-12(3-5-13)17(25)19-16-15-10-14(11-24)26-18(15)21-20-16;1-4-12(11-3)10-7-5-9(2)6-8-10/h2-5,10-11H,6-9H2,1H3,(H2,19,20,21,25);5-8,11H,4H2,1-3H3. The van der Waals surface area contributed by atoms with E-state index in [-0.39, 0.29) is 5.91 Å². The van der Waals surface area contributed by atoms with Gasteiger partial charge in [-0.25, -0.2) is 5.43 Å². The van der Waals surface area contributed by atoms with Crippen LogP contribution >= 0.6 is 11.3 Å². The van der Waals surface area contributed by atoms with Crippen molar-refractivity contribution in [3.8, 4) is 0 Å². The summed E-state index contributed by atoms with van der Waals surface area (Å²) in [6.07, 6.45) is 0.787. The highest BCUT2D eigenvalue weighted by Crippen LogP contribution is 2.28. The average Bonchev–Trinajstić information content (AvgIpc) is 3.53. The minimum Gasteiger partial charge on any atom is -0.369 e. The van der Waals surface area contributed by atoms with Crippen molar-refractivity contribution >= 4 is 50.9 Å². The summed E-state index contributed by atoms with van der Waals surface area (Å²) in [5.41, 5.74) is 7.34. The molecule has 1 fully saturated rings. The van der Waals surface area contributed by atoms with E-state index in [1.54, 1.807) is 6.07 Å². The highest BCUT2D eigenvalue weighted by atomic mass is 32.1. The molecule has 2 aromatic heterocycles. The number of nitrogens with zero attached hydrogens (tertiary/aromatic N) is 4. The number of carbonyl (C=O) groups excluding carboxylic acids is 2. The molecule has 0 unspecified atom stereocenters. The summed E-state index contributed by atoms with van der Waals surface area (Å²) in [6, 6.07) is 17.8. The van der Waals surface area contributed by atoms with E-state index in [0.717, 1.165) is 50.1 Å². The SMILES string of the molecule is CCN(NC)c1ccc(C)cc1.CN1CCN(c2ccc(C(=O)Nc3[nH]nc4sc(C=O)cc34)cc2)CC1. The average molecular weight is 534 g/mol. The van der Waals surface area contributed by atoms with E-state index < -0.39 is 0 Å². The van der Waals surface area contributed by atoms with Gasteiger partial charge in [-0.15, -0.1) is 11.3 Å². The Kier molecular flexibility index (Phi) is 9.11. The highest BCUT2D eigenvalue weighted by Gasteiger charge is 2.16. The smallest absolute Gasteiger partial charge is 0.256 e. The molecule has 0 saturated carbocycles. The van der Waals surface area contributed by atoms with Gasteiger partial charge in [-0.3, -0.25) is 14.7 Å². The summed E-state index contributed by atoms with van der Waals surface area (Å²) in [5.74, 6) is 0.303. The van der Waals surface area contributed by atoms with Gasteiger partial charge >= 0.3 is 0 Å². The van der Waals surface area contributed by atoms with Crippen LogP contribution in [0.5, 0.6) is 0 Å². The minimum absolute atomic E-state index is 0.209. The number of aromatic nitrogens is 2. The van der Waals surface area contributed by atoms with Crippen LogP contribution in [0.15, 0.2) is 54.6 Å². The molecule has 1 aliphatic heterocycles. The van der Waals surface area contributed by atoms with Gasteiger partial charge in [-0.05, 0) is 63.4 Å². The zero-order valence-corrected chi connectivity index (χ0v) is 23.1. The Morgan fingerprint density at radius 1 is 1.11 bits per heavy atom. The molecule has 0 radical (unpaired) electrons. The maximum absolute atomic E-state index is 12.5. The fourth-order valence-corrected chi connectivity index (χ4v) is 5.06. The second-order valence-corrected chi connectivity index (χ2v) is 10.2. The van der Waals surface area contributed by atoms with Crippen molar-refractivity contribution in [2.24, 2.45) is 0 Å². The number of anilines is 3. The molecule has 10 heteroatoms. The van der Waals surface area contributed by atoms with Crippen molar-refractivity contribution in [1.82, 2.24) is 20.5 Å². The number of amides is 1. The third-order valence-electron chi connectivity index (χ3n) is 6.55. The second-order valence-electron chi connectivity index (χ2n) is 9.18. The molecule has 0 atom stereocenters. The Balaban J connectivity index is 0.000000236. The Morgan fingerprint density at radius 3 is 2.39 bits per heavy atom. The Labute approximate surface area is 227 Å². The van der Waals surface area contributed by atoms with Crippen LogP contribution in [0.4, 0.5) is 17.2 Å². The maximum Gasteiger partial charge on any atom is 0.256 e. The van der Waals surface area contributed by atoms with E-state index in [1.807, 2.05) is 31.3 Å². The van der Waals surface area contributed by atoms with Crippen molar-refractivity contribution < 1.29 is 9.59 Å². The van der Waals surface area contributed by atoms with Crippen molar-refractivity contribution in [2.75, 3.05) is 62.0 Å². The van der Waals surface area contributed by atoms with Crippen LogP contribution in [0, 0.1) is 6.92 Å². The number of carbonyl (C=O) groups is 2. The predicted molar refractivity (Wildman–Crippen MR) is 157 cm³/mol. The second kappa shape index (κ2) is 12.7. The lowest BCUT2D eigenvalue weighted by Gasteiger charge is -2.34. The Morgan fingerprint density at radius 2 is 1.79 bits per heavy atom. The summed E-state index contributed by atoms with van der Waals surface area (Å²) in [5, 5.41) is 12.6. The number of benzene rings is 2. The lowest BCUT2D eigenvalue weighted by molar-refractivity contribution is 0.102. The van der Waals surface area contributed by atoms with Crippen LogP contribution in [-0.2, 0) is 0 Å². The van der Waals surface area contributed by atoms with Crippen LogP contribution in [0.3, 0.4) is 0 Å². The monoisotopic (exact) mass is 533 g/mol. The maximum atomic E-state index is 12.5. The van der Waals surface area contributed by atoms with Crippen molar-refractivity contribution in [3.63, 3.8) is 0 Å². The molecule has 0 spiro atoms. The summed E-state index contributed by atoms with van der Waals surface area (Å²) < 4.78 is 0. The minimum atomic E-state index is -0.209. The lowest BCUT2D eigenvalue weighted by atomic mass is 10.1. The zero-order chi connectivity index (χ0) is 27.1. The van der Waals surface area contributed by atoms with E-state index in [9.17, 15) is 9.59 Å². The number of hydrogen-bond acceptors (Lipinski definition) is 8. The van der Waals surface area contributed by atoms with Gasteiger partial charge in [0.2, 0.25) is 0 Å². The number of hydrogen-bond donors (Lipinski definition) is 3. The van der Waals surface area contributed by atoms with E-state index in [1.165, 1.54) is 22.6 Å². The first-order valence-electron chi connectivity index (χ1n) is 12.7. The van der Waals surface area contributed by atoms with Gasteiger partial charge in [-0.2, -0.15) is 5.10 Å². The van der Waals surface area contributed by atoms with Crippen LogP contribution in [0.25, 0.3) is 10.2 Å². The molecule has 3 N–H and O–H groups in total. The summed E-state index contributed by atoms with van der Waals surface area (Å²) in [6.45, 7) is 9.26. The predicted octanol–water partition coefficient (Wildman–Crippen LogP) is 4.40. The fourth-order valence-electron chi connectivity index (χ4n) is 4.25. The third-order valence-corrected chi connectivity index (χ3v) is 7.51. The molecule has 9 nitrogen and oxygen atoms in total. The van der Waals surface area contributed by atoms with E-state index >= 15 is 0 Å². The largest absolute Gasteiger partial charge is 0.369 e. The first-order valence-corrected chi connectivity index (χ1v) is 13.5. The molecule has 1 aliphatic rings. The number of aryl methyl sites for hydroxylation is 1. The number of hydrazine groups is 1. The topological polar surface area (TPSA) is 96.6 Å². The normalized spacial score (nSPS) is 13.6. The molecule has 200 valence electrons. The first kappa shape index (κ1) is 27.3. The fraction of sp³-hybridized carbons (Fsp3) is 0.321. The molecular weight excluding hydrogens is 498 g/mol. The molecule has 4 aromatic rings. The summed E-state index contributed by atoms with van der Waals surface area (Å²) in [7, 11) is 4.06. The van der Waals surface area contributed by atoms with Crippen molar-refractivity contribution in [1.29, 1.82) is 0 Å². The van der Waals surface area contributed by atoms with Gasteiger partial charge < -0.3 is 20.1 Å². The Bertz CT molecular complexity index is 1340. The van der Waals surface area contributed by atoms with Crippen LogP contribution in [0.2, 0.25) is 0 Å². The highest BCUT2D eigenvalue weighted by molar-refractivity contribution is 7.20. The molecule has 2 aromatic carbocycles. The molecule has 0 aliphatic carbocycles. The molecule has 5 rings (SSSR count). The van der Waals surface area contributed by atoms with Gasteiger partial charge in [0.1, 0.15) is 10.6 Å². The van der Waals surface area contributed by atoms with Gasteiger partial charge in [-0.1, -0.05) is 17.7 Å². The van der Waals surface area contributed by atoms with Crippen LogP contribution < -0.4 is 20.7 Å². The first-order chi connectivity index (χ1) is 18.4. The van der Waals surface area contributed by atoms with Gasteiger partial charge in [0.25, 0.3) is 5.91 Å². The molecule has 1 amide bonds. The van der Waals surface area contributed by atoms with E-state index in [2.05, 4.69) is 80.9 Å². The third kappa shape index (κ3) is 6.58. The Hall–Kier alpha value is -3.73. The van der Waals surface area contributed by atoms with Gasteiger partial charge in [0.15, 0.2) is 6.29 Å². The number of nitrogens with one attached hydrogen (secondary N) is 3. The molecule has 0 bridgehead atoms. The lowest BCUT2D eigenvalue weighted by Crippen LogP contribution is -2.44. The van der Waals surface area contributed by atoms with E-state index in [0.29, 0.717) is 21.1 Å². The van der Waals surface area contributed by atoms with Crippen molar-refractivity contribution in [3.05, 3.63) is 70.6 Å². The number of aromatic amines is 1. The van der Waals surface area contributed by atoms with Gasteiger partial charge in [0, 0.05) is 51.0 Å².